The van der Waals surface area contributed by atoms with E-state index in [1.54, 1.807) is 12.1 Å². The minimum absolute atomic E-state index is 0.129. The number of rotatable bonds is 2. The highest BCUT2D eigenvalue weighted by atomic mass is 19.1. The SMILES string of the molecule is CC1CC(C)CN(Cc2cccc(F)c2)C1. The van der Waals surface area contributed by atoms with Crippen LogP contribution in [0.4, 0.5) is 4.39 Å². The van der Waals surface area contributed by atoms with E-state index in [4.69, 9.17) is 0 Å². The van der Waals surface area contributed by atoms with Crippen LogP contribution in [0, 0.1) is 17.7 Å². The third-order valence-corrected chi connectivity index (χ3v) is 3.24. The van der Waals surface area contributed by atoms with Gasteiger partial charge in [-0.1, -0.05) is 26.0 Å². The molecule has 0 spiro atoms. The molecular formula is C14H20FN. The van der Waals surface area contributed by atoms with Gasteiger partial charge in [0.05, 0.1) is 0 Å². The first-order chi connectivity index (χ1) is 7.63. The molecule has 0 aliphatic carbocycles. The summed E-state index contributed by atoms with van der Waals surface area (Å²) in [5, 5.41) is 0. The van der Waals surface area contributed by atoms with E-state index in [1.165, 1.54) is 12.5 Å². The van der Waals surface area contributed by atoms with E-state index >= 15 is 0 Å². The summed E-state index contributed by atoms with van der Waals surface area (Å²) < 4.78 is 13.1. The van der Waals surface area contributed by atoms with E-state index in [1.807, 2.05) is 6.07 Å². The molecule has 16 heavy (non-hydrogen) atoms. The van der Waals surface area contributed by atoms with E-state index in [0.29, 0.717) is 0 Å². The number of hydrogen-bond acceptors (Lipinski definition) is 1. The Hall–Kier alpha value is -0.890. The Morgan fingerprint density at radius 1 is 1.25 bits per heavy atom. The maximum atomic E-state index is 13.1. The largest absolute Gasteiger partial charge is 0.299 e. The molecule has 0 radical (unpaired) electrons. The van der Waals surface area contributed by atoms with Crippen molar-refractivity contribution in [3.63, 3.8) is 0 Å². The molecular weight excluding hydrogens is 201 g/mol. The Morgan fingerprint density at radius 3 is 2.56 bits per heavy atom. The van der Waals surface area contributed by atoms with E-state index in [-0.39, 0.29) is 5.82 Å². The lowest BCUT2D eigenvalue weighted by atomic mass is 9.91. The van der Waals surface area contributed by atoms with Crippen LogP contribution in [0.1, 0.15) is 25.8 Å². The van der Waals surface area contributed by atoms with Crippen LogP contribution >= 0.6 is 0 Å². The van der Waals surface area contributed by atoms with Crippen molar-refractivity contribution in [1.82, 2.24) is 4.90 Å². The van der Waals surface area contributed by atoms with Crippen LogP contribution in [0.3, 0.4) is 0 Å². The van der Waals surface area contributed by atoms with Crippen LogP contribution in [0.2, 0.25) is 0 Å². The van der Waals surface area contributed by atoms with Gasteiger partial charge in [-0.3, -0.25) is 4.90 Å². The summed E-state index contributed by atoms with van der Waals surface area (Å²) in [6, 6.07) is 6.95. The van der Waals surface area contributed by atoms with Crippen LogP contribution in [0.15, 0.2) is 24.3 Å². The van der Waals surface area contributed by atoms with Gasteiger partial charge in [0.25, 0.3) is 0 Å². The van der Waals surface area contributed by atoms with Crippen LogP contribution in [0.25, 0.3) is 0 Å². The monoisotopic (exact) mass is 221 g/mol. The van der Waals surface area contributed by atoms with Gasteiger partial charge < -0.3 is 0 Å². The Bertz CT molecular complexity index is 340. The van der Waals surface area contributed by atoms with Crippen LogP contribution in [0.5, 0.6) is 0 Å². The van der Waals surface area contributed by atoms with Crippen LogP contribution < -0.4 is 0 Å². The Morgan fingerprint density at radius 2 is 1.94 bits per heavy atom. The molecule has 1 aliphatic heterocycles. The predicted octanol–water partition coefficient (Wildman–Crippen LogP) is 3.30. The van der Waals surface area contributed by atoms with Gasteiger partial charge in [0.15, 0.2) is 0 Å². The number of nitrogens with zero attached hydrogens (tertiary/aromatic N) is 1. The van der Waals surface area contributed by atoms with E-state index in [2.05, 4.69) is 18.7 Å². The minimum Gasteiger partial charge on any atom is -0.299 e. The number of likely N-dealkylation sites (tertiary alicyclic amines) is 1. The topological polar surface area (TPSA) is 3.24 Å². The summed E-state index contributed by atoms with van der Waals surface area (Å²) in [7, 11) is 0. The van der Waals surface area contributed by atoms with Gasteiger partial charge >= 0.3 is 0 Å². The lowest BCUT2D eigenvalue weighted by Gasteiger charge is -2.34. The molecule has 0 bridgehead atoms. The summed E-state index contributed by atoms with van der Waals surface area (Å²) in [6.45, 7) is 7.76. The summed E-state index contributed by atoms with van der Waals surface area (Å²) in [4.78, 5) is 2.44. The Labute approximate surface area is 97.3 Å². The third kappa shape index (κ3) is 3.05. The predicted molar refractivity (Wildman–Crippen MR) is 64.6 cm³/mol. The fourth-order valence-electron chi connectivity index (χ4n) is 2.81. The summed E-state index contributed by atoms with van der Waals surface area (Å²) >= 11 is 0. The molecule has 1 aliphatic rings. The highest BCUT2D eigenvalue weighted by Gasteiger charge is 2.21. The number of halogens is 1. The van der Waals surface area contributed by atoms with Crippen LogP contribution in [-0.4, -0.2) is 18.0 Å². The average Bonchev–Trinajstić information content (AvgIpc) is 2.15. The molecule has 88 valence electrons. The highest BCUT2D eigenvalue weighted by molar-refractivity contribution is 5.16. The fraction of sp³-hybridized carbons (Fsp3) is 0.571. The van der Waals surface area contributed by atoms with Gasteiger partial charge in [-0.2, -0.15) is 0 Å². The first-order valence-corrected chi connectivity index (χ1v) is 6.10. The first-order valence-electron chi connectivity index (χ1n) is 6.10. The minimum atomic E-state index is -0.129. The maximum absolute atomic E-state index is 13.1. The quantitative estimate of drug-likeness (QED) is 0.740. The van der Waals surface area contributed by atoms with Crippen molar-refractivity contribution in [2.75, 3.05) is 13.1 Å². The van der Waals surface area contributed by atoms with Gasteiger partial charge in [0.1, 0.15) is 5.82 Å². The van der Waals surface area contributed by atoms with Crippen molar-refractivity contribution < 1.29 is 4.39 Å². The molecule has 1 aromatic rings. The smallest absolute Gasteiger partial charge is 0.123 e. The van der Waals surface area contributed by atoms with Crippen molar-refractivity contribution in [3.8, 4) is 0 Å². The second-order valence-electron chi connectivity index (χ2n) is 5.27. The Kier molecular flexibility index (Phi) is 3.59. The molecule has 1 fully saturated rings. The summed E-state index contributed by atoms with van der Waals surface area (Å²) in [6.07, 6.45) is 1.32. The maximum Gasteiger partial charge on any atom is 0.123 e. The van der Waals surface area contributed by atoms with Crippen molar-refractivity contribution in [3.05, 3.63) is 35.6 Å². The molecule has 0 N–H and O–H groups in total. The highest BCUT2D eigenvalue weighted by Crippen LogP contribution is 2.22. The second kappa shape index (κ2) is 4.96. The molecule has 1 heterocycles. The zero-order chi connectivity index (χ0) is 11.5. The molecule has 2 atom stereocenters. The molecule has 1 nitrogen and oxygen atoms in total. The van der Waals surface area contributed by atoms with Gasteiger partial charge in [-0.25, -0.2) is 4.39 Å². The molecule has 2 unspecified atom stereocenters. The second-order valence-corrected chi connectivity index (χ2v) is 5.27. The van der Waals surface area contributed by atoms with Crippen molar-refractivity contribution in [2.24, 2.45) is 11.8 Å². The van der Waals surface area contributed by atoms with Gasteiger partial charge in [0.2, 0.25) is 0 Å². The zero-order valence-corrected chi connectivity index (χ0v) is 10.1. The fourth-order valence-corrected chi connectivity index (χ4v) is 2.81. The van der Waals surface area contributed by atoms with E-state index in [0.717, 1.165) is 37.0 Å². The molecule has 0 saturated carbocycles. The standard InChI is InChI=1S/C14H20FN/c1-11-6-12(2)9-16(8-11)10-13-4-3-5-14(15)7-13/h3-5,7,11-12H,6,8-10H2,1-2H3. The van der Waals surface area contributed by atoms with Gasteiger partial charge in [0, 0.05) is 19.6 Å². The summed E-state index contributed by atoms with van der Waals surface area (Å²) in [5.74, 6) is 1.39. The zero-order valence-electron chi connectivity index (χ0n) is 10.1. The molecule has 1 aromatic carbocycles. The van der Waals surface area contributed by atoms with Crippen molar-refractivity contribution in [2.45, 2.75) is 26.8 Å². The lowest BCUT2D eigenvalue weighted by molar-refractivity contribution is 0.134. The number of hydrogen-bond donors (Lipinski definition) is 0. The normalized spacial score (nSPS) is 26.9. The lowest BCUT2D eigenvalue weighted by Crippen LogP contribution is -2.38. The first kappa shape index (κ1) is 11.6. The molecule has 2 rings (SSSR count). The number of piperidine rings is 1. The summed E-state index contributed by atoms with van der Waals surface area (Å²) in [5.41, 5.74) is 1.08. The van der Waals surface area contributed by atoms with Crippen molar-refractivity contribution in [1.29, 1.82) is 0 Å². The van der Waals surface area contributed by atoms with Gasteiger partial charge in [-0.05, 0) is 36.0 Å². The molecule has 2 heteroatoms. The molecule has 0 aromatic heterocycles. The Balaban J connectivity index is 1.98. The van der Waals surface area contributed by atoms with Crippen molar-refractivity contribution >= 4 is 0 Å². The number of benzene rings is 1. The van der Waals surface area contributed by atoms with Gasteiger partial charge in [-0.15, -0.1) is 0 Å². The van der Waals surface area contributed by atoms with E-state index < -0.39 is 0 Å². The molecule has 0 amide bonds. The van der Waals surface area contributed by atoms with Crippen LogP contribution in [-0.2, 0) is 6.54 Å². The third-order valence-electron chi connectivity index (χ3n) is 3.24. The average molecular weight is 221 g/mol. The van der Waals surface area contributed by atoms with E-state index in [9.17, 15) is 4.39 Å². The molecule has 1 saturated heterocycles.